The largest absolute Gasteiger partial charge is 0.293 e. The lowest BCUT2D eigenvalue weighted by Crippen LogP contribution is -2.31. The van der Waals surface area contributed by atoms with Gasteiger partial charge in [0.25, 0.3) is 0 Å². The van der Waals surface area contributed by atoms with Gasteiger partial charge in [0.1, 0.15) is 12.2 Å². The van der Waals surface area contributed by atoms with Crippen molar-refractivity contribution in [3.05, 3.63) is 54.7 Å². The second-order valence-electron chi connectivity index (χ2n) is 4.97. The van der Waals surface area contributed by atoms with E-state index in [0.717, 1.165) is 5.39 Å². The molecular weight excluding hydrogens is 280 g/mol. The molecular formula is C16H10N4O2. The Morgan fingerprint density at radius 3 is 2.91 bits per heavy atom. The van der Waals surface area contributed by atoms with Crippen molar-refractivity contribution < 1.29 is 9.59 Å². The Labute approximate surface area is 125 Å². The van der Waals surface area contributed by atoms with E-state index in [9.17, 15) is 9.59 Å². The number of Topliss-reactive ketones (excluding diaryl/α,β-unsaturated/α-hetero) is 1. The zero-order valence-corrected chi connectivity index (χ0v) is 11.4. The number of ketones is 1. The number of hydrogen-bond acceptors (Lipinski definition) is 5. The summed E-state index contributed by atoms with van der Waals surface area (Å²) in [5, 5.41) is 0.908. The zero-order valence-electron chi connectivity index (χ0n) is 11.4. The number of pyridine rings is 1. The van der Waals surface area contributed by atoms with Gasteiger partial charge in [-0.1, -0.05) is 12.1 Å². The third-order valence-electron chi connectivity index (χ3n) is 3.67. The summed E-state index contributed by atoms with van der Waals surface area (Å²) in [6, 6.07) is 7.25. The first kappa shape index (κ1) is 12.6. The van der Waals surface area contributed by atoms with Crippen molar-refractivity contribution in [2.45, 2.75) is 0 Å². The molecule has 6 nitrogen and oxygen atoms in total. The van der Waals surface area contributed by atoms with Crippen LogP contribution in [-0.2, 0) is 0 Å². The second kappa shape index (κ2) is 4.70. The molecule has 0 amide bonds. The summed E-state index contributed by atoms with van der Waals surface area (Å²) in [6.07, 6.45) is 7.43. The van der Waals surface area contributed by atoms with E-state index in [2.05, 4.69) is 15.0 Å². The highest BCUT2D eigenvalue weighted by Gasteiger charge is 2.32. The number of carbonyl (C=O) groups excluding carboxylic acids is 2. The van der Waals surface area contributed by atoms with Crippen LogP contribution in [0.15, 0.2) is 54.2 Å². The van der Waals surface area contributed by atoms with Gasteiger partial charge >= 0.3 is 0 Å². The molecule has 1 aliphatic rings. The Hall–Kier alpha value is -3.15. The van der Waals surface area contributed by atoms with Crippen molar-refractivity contribution in [2.75, 3.05) is 0 Å². The quantitative estimate of drug-likeness (QED) is 0.644. The Kier molecular flexibility index (Phi) is 2.69. The molecule has 0 bridgehead atoms. The van der Waals surface area contributed by atoms with Gasteiger partial charge < -0.3 is 0 Å². The average Bonchev–Trinajstić information content (AvgIpc) is 3.09. The second-order valence-corrected chi connectivity index (χ2v) is 4.97. The lowest BCUT2D eigenvalue weighted by Gasteiger charge is -2.17. The van der Waals surface area contributed by atoms with Gasteiger partial charge in [0.15, 0.2) is 5.78 Å². The Balaban J connectivity index is 1.82. The molecule has 3 heterocycles. The van der Waals surface area contributed by atoms with Crippen molar-refractivity contribution in [3.8, 4) is 0 Å². The molecule has 1 unspecified atom stereocenters. The number of aliphatic imine (C=N–C) groups is 1. The monoisotopic (exact) mass is 290 g/mol. The molecule has 1 aliphatic heterocycles. The highest BCUT2D eigenvalue weighted by molar-refractivity contribution is 6.25. The van der Waals surface area contributed by atoms with Crippen LogP contribution >= 0.6 is 0 Å². The van der Waals surface area contributed by atoms with Gasteiger partial charge in [0.2, 0.25) is 5.91 Å². The fourth-order valence-corrected chi connectivity index (χ4v) is 2.57. The number of carbonyl (C=O) groups is 2. The minimum Gasteiger partial charge on any atom is -0.293 e. The van der Waals surface area contributed by atoms with Crippen LogP contribution in [0.5, 0.6) is 0 Å². The Morgan fingerprint density at radius 1 is 1.18 bits per heavy atom. The number of benzene rings is 1. The van der Waals surface area contributed by atoms with Crippen LogP contribution < -0.4 is 0 Å². The topological polar surface area (TPSA) is 77.2 Å². The summed E-state index contributed by atoms with van der Waals surface area (Å²) in [7, 11) is 0. The molecule has 0 fully saturated rings. The molecule has 0 aliphatic carbocycles. The van der Waals surface area contributed by atoms with E-state index < -0.39 is 5.92 Å². The minimum atomic E-state index is -0.928. The number of aromatic nitrogens is 3. The summed E-state index contributed by atoms with van der Waals surface area (Å²) >= 11 is 0. The van der Waals surface area contributed by atoms with Crippen LogP contribution in [0, 0.1) is 5.92 Å². The molecule has 1 aromatic carbocycles. The molecule has 4 rings (SSSR count). The number of nitrogens with zero attached hydrogens (tertiary/aromatic N) is 4. The van der Waals surface area contributed by atoms with E-state index in [1.807, 2.05) is 18.2 Å². The van der Waals surface area contributed by atoms with Crippen LogP contribution in [-0.4, -0.2) is 32.4 Å². The van der Waals surface area contributed by atoms with E-state index in [4.69, 9.17) is 0 Å². The highest BCUT2D eigenvalue weighted by atomic mass is 16.2. The van der Waals surface area contributed by atoms with Crippen LogP contribution in [0.4, 0.5) is 5.69 Å². The number of hydrogen-bond donors (Lipinski definition) is 0. The average molecular weight is 290 g/mol. The van der Waals surface area contributed by atoms with Crippen LogP contribution in [0.3, 0.4) is 0 Å². The van der Waals surface area contributed by atoms with E-state index >= 15 is 0 Å². The fraction of sp³-hybridized carbons (Fsp3) is 0.0625. The summed E-state index contributed by atoms with van der Waals surface area (Å²) in [6.45, 7) is 0. The molecule has 0 saturated heterocycles. The fourth-order valence-electron chi connectivity index (χ4n) is 2.57. The molecule has 1 atom stereocenters. The maximum atomic E-state index is 12.6. The number of fused-ring (bicyclic) bond motifs is 3. The van der Waals surface area contributed by atoms with Gasteiger partial charge in [0.05, 0.1) is 11.2 Å². The first-order valence-corrected chi connectivity index (χ1v) is 6.74. The predicted octanol–water partition coefficient (Wildman–Crippen LogP) is 2.29. The van der Waals surface area contributed by atoms with Crippen molar-refractivity contribution >= 4 is 34.5 Å². The maximum Gasteiger partial charge on any atom is 0.248 e. The molecule has 22 heavy (non-hydrogen) atoms. The number of imidazole rings is 1. The molecule has 6 heteroatoms. The van der Waals surface area contributed by atoms with E-state index in [0.29, 0.717) is 16.8 Å². The molecule has 2 aromatic heterocycles. The van der Waals surface area contributed by atoms with Gasteiger partial charge in [-0.2, -0.15) is 0 Å². The summed E-state index contributed by atoms with van der Waals surface area (Å²) in [5.74, 6) is -1.56. The van der Waals surface area contributed by atoms with E-state index in [-0.39, 0.29) is 11.7 Å². The van der Waals surface area contributed by atoms with Crippen LogP contribution in [0.25, 0.3) is 10.9 Å². The van der Waals surface area contributed by atoms with Crippen molar-refractivity contribution in [2.24, 2.45) is 10.9 Å². The lowest BCUT2D eigenvalue weighted by molar-refractivity contribution is 0.0801. The summed E-state index contributed by atoms with van der Waals surface area (Å²) in [4.78, 5) is 37.4. The van der Waals surface area contributed by atoms with Crippen molar-refractivity contribution in [1.29, 1.82) is 0 Å². The maximum absolute atomic E-state index is 12.6. The molecule has 3 aromatic rings. The zero-order chi connectivity index (χ0) is 15.1. The predicted molar refractivity (Wildman–Crippen MR) is 80.6 cm³/mol. The number of rotatable bonds is 1. The molecule has 106 valence electrons. The first-order valence-electron chi connectivity index (χ1n) is 6.74. The van der Waals surface area contributed by atoms with E-state index in [1.54, 1.807) is 12.3 Å². The Bertz CT molecular complexity index is 928. The first-order chi connectivity index (χ1) is 10.8. The third-order valence-corrected chi connectivity index (χ3v) is 3.67. The van der Waals surface area contributed by atoms with E-state index in [1.165, 1.54) is 29.5 Å². The highest BCUT2D eigenvalue weighted by Crippen LogP contribution is 2.33. The smallest absolute Gasteiger partial charge is 0.248 e. The molecule has 0 spiro atoms. The SMILES string of the molecule is O=C1c2ccc3cccnc3c2N=CC1C(=O)n1ccnc1. The molecule has 0 N–H and O–H groups in total. The Morgan fingerprint density at radius 2 is 2.09 bits per heavy atom. The minimum absolute atomic E-state index is 0.267. The van der Waals surface area contributed by atoms with Crippen molar-refractivity contribution in [1.82, 2.24) is 14.5 Å². The van der Waals surface area contributed by atoms with Crippen LogP contribution in [0.2, 0.25) is 0 Å². The van der Waals surface area contributed by atoms with Gasteiger partial charge in [-0.3, -0.25) is 24.1 Å². The molecule has 0 saturated carbocycles. The normalized spacial score (nSPS) is 16.7. The summed E-state index contributed by atoms with van der Waals surface area (Å²) in [5.41, 5.74) is 1.61. The van der Waals surface area contributed by atoms with Gasteiger partial charge in [-0.05, 0) is 12.1 Å². The standard InChI is InChI=1S/C16H10N4O2/c21-15-11-4-3-10-2-1-5-18-13(10)14(11)19-8-12(15)16(22)20-7-6-17-9-20/h1-9,12H. The van der Waals surface area contributed by atoms with Crippen LogP contribution in [0.1, 0.15) is 15.2 Å². The third kappa shape index (κ3) is 1.77. The molecule has 0 radical (unpaired) electrons. The van der Waals surface area contributed by atoms with Gasteiger partial charge in [0, 0.05) is 35.8 Å². The summed E-state index contributed by atoms with van der Waals surface area (Å²) < 4.78 is 1.29. The van der Waals surface area contributed by atoms with Gasteiger partial charge in [-0.25, -0.2) is 4.98 Å². The van der Waals surface area contributed by atoms with Gasteiger partial charge in [-0.15, -0.1) is 0 Å². The van der Waals surface area contributed by atoms with Crippen molar-refractivity contribution in [3.63, 3.8) is 0 Å². The lowest BCUT2D eigenvalue weighted by atomic mass is 9.92.